The van der Waals surface area contributed by atoms with Crippen LogP contribution in [0.2, 0.25) is 0 Å². The van der Waals surface area contributed by atoms with E-state index in [-0.39, 0.29) is 5.91 Å². The van der Waals surface area contributed by atoms with Crippen LogP contribution in [-0.2, 0) is 6.54 Å². The second kappa shape index (κ2) is 4.13. The molecular weight excluding hydrogens is 214 g/mol. The smallest absolute Gasteiger partial charge is 0.248 e. The molecule has 90 valence electrons. The van der Waals surface area contributed by atoms with Crippen LogP contribution >= 0.6 is 0 Å². The van der Waals surface area contributed by atoms with Gasteiger partial charge in [-0.3, -0.25) is 9.69 Å². The van der Waals surface area contributed by atoms with Crippen LogP contribution in [0.15, 0.2) is 24.3 Å². The van der Waals surface area contributed by atoms with Crippen LogP contribution in [0.4, 0.5) is 0 Å². The van der Waals surface area contributed by atoms with Crippen molar-refractivity contribution in [3.63, 3.8) is 0 Å². The first-order valence-corrected chi connectivity index (χ1v) is 6.08. The quantitative estimate of drug-likeness (QED) is 0.788. The molecule has 0 spiro atoms. The summed E-state index contributed by atoms with van der Waals surface area (Å²) >= 11 is 0. The van der Waals surface area contributed by atoms with Gasteiger partial charge in [0.2, 0.25) is 5.91 Å². The first kappa shape index (κ1) is 10.7. The Balaban J connectivity index is 1.67. The van der Waals surface area contributed by atoms with Crippen molar-refractivity contribution in [3.05, 3.63) is 35.4 Å². The number of carbonyl (C=O) groups is 1. The van der Waals surface area contributed by atoms with Crippen molar-refractivity contribution >= 4 is 5.91 Å². The second-order valence-electron chi connectivity index (χ2n) is 4.99. The summed E-state index contributed by atoms with van der Waals surface area (Å²) in [6.45, 7) is 3.23. The number of nitrogens with zero attached hydrogens (tertiary/aromatic N) is 1. The maximum absolute atomic E-state index is 11.0. The number of rotatable bonds is 3. The molecule has 1 unspecified atom stereocenters. The molecule has 4 nitrogen and oxygen atoms in total. The van der Waals surface area contributed by atoms with Crippen LogP contribution in [-0.4, -0.2) is 36.0 Å². The Bertz CT molecular complexity index is 429. The summed E-state index contributed by atoms with van der Waals surface area (Å²) in [5, 5.41) is 3.49. The van der Waals surface area contributed by atoms with Crippen LogP contribution in [0.3, 0.4) is 0 Å². The van der Waals surface area contributed by atoms with Crippen molar-refractivity contribution in [2.75, 3.05) is 13.1 Å². The van der Waals surface area contributed by atoms with Gasteiger partial charge in [0.15, 0.2) is 0 Å². The van der Waals surface area contributed by atoms with Crippen LogP contribution < -0.4 is 11.1 Å². The molecule has 2 bridgehead atoms. The first-order chi connectivity index (χ1) is 8.22. The molecule has 3 N–H and O–H groups in total. The number of nitrogens with two attached hydrogens (primary N) is 1. The molecule has 0 aromatic heterocycles. The van der Waals surface area contributed by atoms with E-state index in [1.165, 1.54) is 12.0 Å². The van der Waals surface area contributed by atoms with Crippen molar-refractivity contribution in [2.45, 2.75) is 25.0 Å². The number of nitrogens with one attached hydrogen (secondary N) is 1. The molecule has 0 aliphatic carbocycles. The van der Waals surface area contributed by atoms with Gasteiger partial charge in [0.1, 0.15) is 0 Å². The summed E-state index contributed by atoms with van der Waals surface area (Å²) in [4.78, 5) is 13.5. The SMILES string of the molecule is NC(=O)c1ccc(CN2C[C@@H]3CC2CN3)cc1. The molecule has 17 heavy (non-hydrogen) atoms. The number of piperazine rings is 1. The lowest BCUT2D eigenvalue weighted by Gasteiger charge is -2.27. The third-order valence-corrected chi connectivity index (χ3v) is 3.79. The van der Waals surface area contributed by atoms with E-state index in [4.69, 9.17) is 5.73 Å². The van der Waals surface area contributed by atoms with Gasteiger partial charge in [0.25, 0.3) is 0 Å². The van der Waals surface area contributed by atoms with E-state index < -0.39 is 0 Å². The lowest BCUT2D eigenvalue weighted by Crippen LogP contribution is -2.42. The monoisotopic (exact) mass is 231 g/mol. The predicted molar refractivity (Wildman–Crippen MR) is 65.6 cm³/mol. The molecule has 4 heteroatoms. The van der Waals surface area contributed by atoms with Crippen molar-refractivity contribution in [3.8, 4) is 0 Å². The molecule has 1 amide bonds. The zero-order chi connectivity index (χ0) is 11.8. The van der Waals surface area contributed by atoms with Gasteiger partial charge in [-0.1, -0.05) is 12.1 Å². The van der Waals surface area contributed by atoms with Crippen molar-refractivity contribution in [1.29, 1.82) is 0 Å². The third-order valence-electron chi connectivity index (χ3n) is 3.79. The fourth-order valence-electron chi connectivity index (χ4n) is 2.85. The Kier molecular flexibility index (Phi) is 2.61. The average Bonchev–Trinajstić information content (AvgIpc) is 2.91. The molecule has 2 saturated heterocycles. The van der Waals surface area contributed by atoms with Gasteiger partial charge in [-0.25, -0.2) is 0 Å². The Morgan fingerprint density at radius 1 is 1.41 bits per heavy atom. The van der Waals surface area contributed by atoms with E-state index in [9.17, 15) is 4.79 Å². The van der Waals surface area contributed by atoms with E-state index in [1.54, 1.807) is 0 Å². The predicted octanol–water partition coefficient (Wildman–Crippen LogP) is 0.332. The van der Waals surface area contributed by atoms with Crippen LogP contribution in [0.25, 0.3) is 0 Å². The van der Waals surface area contributed by atoms with Gasteiger partial charge >= 0.3 is 0 Å². The number of primary amides is 1. The van der Waals surface area contributed by atoms with Crippen molar-refractivity contribution < 1.29 is 4.79 Å². The molecule has 2 aliphatic heterocycles. The van der Waals surface area contributed by atoms with Gasteiger partial charge in [-0.15, -0.1) is 0 Å². The number of hydrogen-bond donors (Lipinski definition) is 2. The Morgan fingerprint density at radius 3 is 2.71 bits per heavy atom. The summed E-state index contributed by atoms with van der Waals surface area (Å²) in [5.41, 5.74) is 7.05. The molecule has 1 aromatic carbocycles. The number of benzene rings is 1. The molecule has 2 aliphatic rings. The van der Waals surface area contributed by atoms with Crippen molar-refractivity contribution in [1.82, 2.24) is 10.2 Å². The number of carbonyl (C=O) groups excluding carboxylic acids is 1. The van der Waals surface area contributed by atoms with Gasteiger partial charge in [0.05, 0.1) is 0 Å². The molecule has 1 aromatic rings. The topological polar surface area (TPSA) is 58.4 Å². The highest BCUT2D eigenvalue weighted by atomic mass is 16.1. The minimum Gasteiger partial charge on any atom is -0.366 e. The van der Waals surface area contributed by atoms with Gasteiger partial charge in [0, 0.05) is 37.3 Å². The molecule has 3 rings (SSSR count). The van der Waals surface area contributed by atoms with E-state index in [0.29, 0.717) is 17.6 Å². The third kappa shape index (κ3) is 2.06. The summed E-state index contributed by atoms with van der Waals surface area (Å²) in [6, 6.07) is 8.99. The van der Waals surface area contributed by atoms with Crippen LogP contribution in [0, 0.1) is 0 Å². The highest BCUT2D eigenvalue weighted by Crippen LogP contribution is 2.24. The second-order valence-corrected chi connectivity index (χ2v) is 4.99. The van der Waals surface area contributed by atoms with Gasteiger partial charge in [-0.2, -0.15) is 0 Å². The Hall–Kier alpha value is -1.39. The lowest BCUT2D eigenvalue weighted by molar-refractivity contribution is 0.100. The van der Waals surface area contributed by atoms with Crippen LogP contribution in [0.5, 0.6) is 0 Å². The fourth-order valence-corrected chi connectivity index (χ4v) is 2.85. The minimum atomic E-state index is -0.360. The molecule has 2 fully saturated rings. The highest BCUT2D eigenvalue weighted by molar-refractivity contribution is 5.92. The standard InChI is InChI=1S/C13H17N3O/c14-13(17)10-3-1-9(2-4-10)7-16-8-11-5-12(16)6-15-11/h1-4,11-12,15H,5-8H2,(H2,14,17)/t11-,12?/m0/s1. The number of amides is 1. The van der Waals surface area contributed by atoms with E-state index >= 15 is 0 Å². The number of fused-ring (bicyclic) bond motifs is 2. The Labute approximate surface area is 101 Å². The van der Waals surface area contributed by atoms with Crippen LogP contribution in [0.1, 0.15) is 22.3 Å². The zero-order valence-electron chi connectivity index (χ0n) is 9.73. The fraction of sp³-hybridized carbons (Fsp3) is 0.462. The summed E-state index contributed by atoms with van der Waals surface area (Å²) in [5.74, 6) is -0.360. The van der Waals surface area contributed by atoms with Crippen molar-refractivity contribution in [2.24, 2.45) is 5.73 Å². The Morgan fingerprint density at radius 2 is 2.18 bits per heavy atom. The maximum atomic E-state index is 11.0. The zero-order valence-corrected chi connectivity index (χ0v) is 9.73. The number of likely N-dealkylation sites (tertiary alicyclic amines) is 1. The molecule has 2 heterocycles. The lowest BCUT2D eigenvalue weighted by atomic mass is 10.1. The largest absolute Gasteiger partial charge is 0.366 e. The summed E-state index contributed by atoms with van der Waals surface area (Å²) in [7, 11) is 0. The normalized spacial score (nSPS) is 27.5. The molecule has 0 saturated carbocycles. The van der Waals surface area contributed by atoms with E-state index in [2.05, 4.69) is 10.2 Å². The number of hydrogen-bond acceptors (Lipinski definition) is 3. The molecule has 2 atom stereocenters. The minimum absolute atomic E-state index is 0.360. The van der Waals surface area contributed by atoms with E-state index in [0.717, 1.165) is 19.6 Å². The van der Waals surface area contributed by atoms with Gasteiger partial charge < -0.3 is 11.1 Å². The average molecular weight is 231 g/mol. The van der Waals surface area contributed by atoms with Gasteiger partial charge in [-0.05, 0) is 24.1 Å². The summed E-state index contributed by atoms with van der Waals surface area (Å²) in [6.07, 6.45) is 1.28. The summed E-state index contributed by atoms with van der Waals surface area (Å²) < 4.78 is 0. The van der Waals surface area contributed by atoms with E-state index in [1.807, 2.05) is 24.3 Å². The highest BCUT2D eigenvalue weighted by Gasteiger charge is 2.37. The molecule has 0 radical (unpaired) electrons. The first-order valence-electron chi connectivity index (χ1n) is 6.08. The molecular formula is C13H17N3O. The maximum Gasteiger partial charge on any atom is 0.248 e.